The van der Waals surface area contributed by atoms with Gasteiger partial charge in [0.2, 0.25) is 0 Å². The molecule has 3 rings (SSSR count). The van der Waals surface area contributed by atoms with E-state index in [1.54, 1.807) is 0 Å². The number of aromatic hydroxyl groups is 1. The number of fused-ring (bicyclic) bond motifs is 1. The van der Waals surface area contributed by atoms with Crippen LogP contribution in [0.2, 0.25) is 0 Å². The Morgan fingerprint density at radius 2 is 1.88 bits per heavy atom. The van der Waals surface area contributed by atoms with Crippen molar-refractivity contribution < 1.29 is 5.11 Å². The first-order valence-electron chi connectivity index (χ1n) is 6.38. The first kappa shape index (κ1) is 10.2. The molecule has 1 N–H and O–H groups in total. The fourth-order valence-corrected chi connectivity index (χ4v) is 3.15. The number of hydrogen-bond donors (Lipinski definition) is 1. The zero-order valence-electron chi connectivity index (χ0n) is 9.65. The van der Waals surface area contributed by atoms with E-state index in [0.29, 0.717) is 11.8 Å². The lowest BCUT2D eigenvalue weighted by atomic mass is 10.1. The molecule has 86 valence electrons. The number of piperidine rings is 1. The summed E-state index contributed by atoms with van der Waals surface area (Å²) < 4.78 is 0. The van der Waals surface area contributed by atoms with Crippen LogP contribution in [0, 0.1) is 0 Å². The fourth-order valence-electron chi connectivity index (χ4n) is 3.15. The van der Waals surface area contributed by atoms with Gasteiger partial charge in [0, 0.05) is 6.04 Å². The van der Waals surface area contributed by atoms with E-state index in [-0.39, 0.29) is 0 Å². The van der Waals surface area contributed by atoms with Crippen LogP contribution < -0.4 is 0 Å². The molecular weight excluding hydrogens is 198 g/mol. The number of benzene rings is 1. The Kier molecular flexibility index (Phi) is 2.60. The van der Waals surface area contributed by atoms with Gasteiger partial charge in [-0.2, -0.15) is 0 Å². The van der Waals surface area contributed by atoms with E-state index >= 15 is 0 Å². The second-order valence-electron chi connectivity index (χ2n) is 5.07. The monoisotopic (exact) mass is 217 g/mol. The lowest BCUT2D eigenvalue weighted by Crippen LogP contribution is -2.39. The van der Waals surface area contributed by atoms with E-state index in [1.165, 1.54) is 43.5 Å². The Bertz CT molecular complexity index is 382. The third kappa shape index (κ3) is 1.71. The number of hydrogen-bond acceptors (Lipinski definition) is 2. The summed E-state index contributed by atoms with van der Waals surface area (Å²) in [6.45, 7) is 2.50. The third-order valence-corrected chi connectivity index (χ3v) is 4.05. The Balaban J connectivity index is 1.77. The van der Waals surface area contributed by atoms with Gasteiger partial charge in [-0.15, -0.1) is 0 Å². The maximum absolute atomic E-state index is 9.83. The number of rotatable bonds is 1. The second-order valence-corrected chi connectivity index (χ2v) is 5.07. The molecule has 1 aromatic rings. The molecule has 2 aliphatic rings. The van der Waals surface area contributed by atoms with Crippen LogP contribution in [-0.4, -0.2) is 29.1 Å². The van der Waals surface area contributed by atoms with Gasteiger partial charge in [-0.3, -0.25) is 4.90 Å². The minimum Gasteiger partial charge on any atom is -0.508 e. The molecule has 1 aliphatic carbocycles. The average Bonchev–Trinajstić information content (AvgIpc) is 2.76. The highest BCUT2D eigenvalue weighted by Crippen LogP contribution is 2.32. The van der Waals surface area contributed by atoms with Gasteiger partial charge >= 0.3 is 0 Å². The molecule has 1 heterocycles. The minimum absolute atomic E-state index is 0.497. The number of phenolic OH excluding ortho intramolecular Hbond substituents is 1. The summed E-state index contributed by atoms with van der Waals surface area (Å²) in [6, 6.07) is 6.59. The van der Waals surface area contributed by atoms with Crippen molar-refractivity contribution in [1.29, 1.82) is 0 Å². The molecule has 16 heavy (non-hydrogen) atoms. The zero-order valence-corrected chi connectivity index (χ0v) is 9.65. The number of likely N-dealkylation sites (tertiary alicyclic amines) is 1. The van der Waals surface area contributed by atoms with Crippen LogP contribution in [0.15, 0.2) is 18.2 Å². The SMILES string of the molecule is Oc1cccc2c1CC(N1CCCCC1)C2. The maximum Gasteiger partial charge on any atom is 0.119 e. The van der Waals surface area contributed by atoms with Crippen LogP contribution >= 0.6 is 0 Å². The van der Waals surface area contributed by atoms with E-state index in [4.69, 9.17) is 0 Å². The van der Waals surface area contributed by atoms with Gasteiger partial charge in [-0.1, -0.05) is 18.6 Å². The molecule has 2 nitrogen and oxygen atoms in total. The number of nitrogens with zero attached hydrogens (tertiary/aromatic N) is 1. The summed E-state index contributed by atoms with van der Waals surface area (Å²) in [6.07, 6.45) is 6.25. The van der Waals surface area contributed by atoms with Crippen molar-refractivity contribution in [2.45, 2.75) is 38.1 Å². The van der Waals surface area contributed by atoms with Crippen molar-refractivity contribution in [2.24, 2.45) is 0 Å². The van der Waals surface area contributed by atoms with E-state index in [2.05, 4.69) is 11.0 Å². The summed E-state index contributed by atoms with van der Waals surface area (Å²) in [5, 5.41) is 9.83. The quantitative estimate of drug-likeness (QED) is 0.780. The van der Waals surface area contributed by atoms with E-state index in [0.717, 1.165) is 12.8 Å². The summed E-state index contributed by atoms with van der Waals surface area (Å²) >= 11 is 0. The smallest absolute Gasteiger partial charge is 0.119 e. The molecule has 0 amide bonds. The highest BCUT2D eigenvalue weighted by atomic mass is 16.3. The largest absolute Gasteiger partial charge is 0.508 e. The predicted octanol–water partition coefficient (Wildman–Crippen LogP) is 2.35. The molecule has 0 spiro atoms. The highest BCUT2D eigenvalue weighted by molar-refractivity contribution is 5.43. The Morgan fingerprint density at radius 3 is 2.62 bits per heavy atom. The van der Waals surface area contributed by atoms with Crippen LogP contribution in [-0.2, 0) is 12.8 Å². The van der Waals surface area contributed by atoms with Crippen LogP contribution in [0.25, 0.3) is 0 Å². The van der Waals surface area contributed by atoms with Crippen LogP contribution in [0.4, 0.5) is 0 Å². The first-order chi connectivity index (χ1) is 7.84. The lowest BCUT2D eigenvalue weighted by molar-refractivity contribution is 0.167. The standard InChI is InChI=1S/C14H19NO/c16-14-6-4-5-11-9-12(10-13(11)14)15-7-2-1-3-8-15/h4-6,12,16H,1-3,7-10H2. The van der Waals surface area contributed by atoms with Crippen molar-refractivity contribution in [3.8, 4) is 5.75 Å². The zero-order chi connectivity index (χ0) is 11.0. The van der Waals surface area contributed by atoms with E-state index in [1.807, 2.05) is 12.1 Å². The van der Waals surface area contributed by atoms with Gasteiger partial charge < -0.3 is 5.11 Å². The molecule has 0 radical (unpaired) electrons. The predicted molar refractivity (Wildman–Crippen MR) is 64.7 cm³/mol. The van der Waals surface area contributed by atoms with Gasteiger partial charge in [0.25, 0.3) is 0 Å². The van der Waals surface area contributed by atoms with Crippen molar-refractivity contribution in [3.63, 3.8) is 0 Å². The molecule has 0 saturated carbocycles. The Hall–Kier alpha value is -1.02. The van der Waals surface area contributed by atoms with Gasteiger partial charge in [0.05, 0.1) is 0 Å². The van der Waals surface area contributed by atoms with Crippen molar-refractivity contribution >= 4 is 0 Å². The van der Waals surface area contributed by atoms with Gasteiger partial charge in [0.1, 0.15) is 5.75 Å². The second kappa shape index (κ2) is 4.10. The average molecular weight is 217 g/mol. The molecular formula is C14H19NO. The highest BCUT2D eigenvalue weighted by Gasteiger charge is 2.28. The molecule has 0 bridgehead atoms. The molecule has 1 fully saturated rings. The summed E-state index contributed by atoms with van der Waals surface area (Å²) in [5.41, 5.74) is 2.55. The molecule has 1 aromatic carbocycles. The normalized spacial score (nSPS) is 25.6. The number of phenols is 1. The first-order valence-corrected chi connectivity index (χ1v) is 6.38. The van der Waals surface area contributed by atoms with E-state index in [9.17, 15) is 5.11 Å². The van der Waals surface area contributed by atoms with Crippen LogP contribution in [0.5, 0.6) is 5.75 Å². The summed E-state index contributed by atoms with van der Waals surface area (Å²) in [4.78, 5) is 2.61. The van der Waals surface area contributed by atoms with E-state index < -0.39 is 0 Å². The molecule has 1 aliphatic heterocycles. The molecule has 0 aromatic heterocycles. The third-order valence-electron chi connectivity index (χ3n) is 4.05. The Labute approximate surface area is 96.9 Å². The van der Waals surface area contributed by atoms with Crippen LogP contribution in [0.1, 0.15) is 30.4 Å². The van der Waals surface area contributed by atoms with Crippen molar-refractivity contribution in [2.75, 3.05) is 13.1 Å². The Morgan fingerprint density at radius 1 is 1.06 bits per heavy atom. The van der Waals surface area contributed by atoms with Crippen molar-refractivity contribution in [3.05, 3.63) is 29.3 Å². The summed E-state index contributed by atoms with van der Waals surface area (Å²) in [7, 11) is 0. The van der Waals surface area contributed by atoms with Gasteiger partial charge in [0.15, 0.2) is 0 Å². The van der Waals surface area contributed by atoms with Gasteiger partial charge in [-0.05, 0) is 56.0 Å². The summed E-state index contributed by atoms with van der Waals surface area (Å²) in [5.74, 6) is 0.497. The topological polar surface area (TPSA) is 23.5 Å². The van der Waals surface area contributed by atoms with Gasteiger partial charge in [-0.25, -0.2) is 0 Å². The minimum atomic E-state index is 0.497. The molecule has 1 saturated heterocycles. The molecule has 1 atom stereocenters. The molecule has 1 unspecified atom stereocenters. The lowest BCUT2D eigenvalue weighted by Gasteiger charge is -2.32. The van der Waals surface area contributed by atoms with Crippen molar-refractivity contribution in [1.82, 2.24) is 4.90 Å². The molecule has 2 heteroatoms. The fraction of sp³-hybridized carbons (Fsp3) is 0.571. The van der Waals surface area contributed by atoms with Crippen LogP contribution in [0.3, 0.4) is 0 Å². The maximum atomic E-state index is 9.83.